The van der Waals surface area contributed by atoms with Crippen LogP contribution in [-0.2, 0) is 13.1 Å². The average molecular weight is 489 g/mol. The average Bonchev–Trinajstić information content (AvgIpc) is 3.64. The van der Waals surface area contributed by atoms with Crippen molar-refractivity contribution in [2.45, 2.75) is 13.1 Å². The molecule has 3 heterocycles. The Morgan fingerprint density at radius 3 is 1.69 bits per heavy atom. The first-order valence-electron chi connectivity index (χ1n) is 10.6. The van der Waals surface area contributed by atoms with Crippen LogP contribution in [0.25, 0.3) is 0 Å². The molecule has 184 valence electrons. The van der Waals surface area contributed by atoms with Crippen LogP contribution in [0.15, 0.2) is 97.5 Å². The highest BCUT2D eigenvalue weighted by molar-refractivity contribution is 5.24. The van der Waals surface area contributed by atoms with E-state index in [-0.39, 0.29) is 11.6 Å². The molecule has 0 aliphatic rings. The van der Waals surface area contributed by atoms with Gasteiger partial charge in [-0.2, -0.15) is 9.78 Å². The summed E-state index contributed by atoms with van der Waals surface area (Å²) in [4.78, 5) is 19.2. The Morgan fingerprint density at radius 2 is 1.31 bits per heavy atom. The fourth-order valence-electron chi connectivity index (χ4n) is 2.89. The molecule has 13 nitrogen and oxygen atoms in total. The number of hydrogen-bond donors (Lipinski definition) is 2. The van der Waals surface area contributed by atoms with Crippen LogP contribution in [0, 0.1) is 20.2 Å². The third kappa shape index (κ3) is 8.22. The number of hydrogen-bond acceptors (Lipinski definition) is 8. The number of rotatable bonds is 6. The number of nitrogen functional groups attached to an aromatic ring is 1. The van der Waals surface area contributed by atoms with E-state index in [1.165, 1.54) is 23.9 Å². The number of nitrogens with one attached hydrogen (secondary N) is 1. The van der Waals surface area contributed by atoms with E-state index in [2.05, 4.69) is 32.5 Å². The maximum atomic E-state index is 10.4. The number of nitrogens with two attached hydrogens (primary N) is 1. The normalized spacial score (nSPS) is 9.89. The third-order valence-electron chi connectivity index (χ3n) is 4.53. The fourth-order valence-corrected chi connectivity index (χ4v) is 2.89. The number of aromatic amines is 1. The minimum Gasteiger partial charge on any atom is -0.382 e. The smallest absolute Gasteiger partial charge is 0.382 e. The second-order valence-electron chi connectivity index (χ2n) is 7.24. The molecule has 2 aromatic carbocycles. The van der Waals surface area contributed by atoms with Gasteiger partial charge >= 0.3 is 11.6 Å². The lowest BCUT2D eigenvalue weighted by molar-refractivity contribution is -0.389. The van der Waals surface area contributed by atoms with Crippen LogP contribution >= 0.6 is 0 Å². The van der Waals surface area contributed by atoms with E-state index in [9.17, 15) is 20.2 Å². The summed E-state index contributed by atoms with van der Waals surface area (Å²) in [6.45, 7) is 1.33. The summed E-state index contributed by atoms with van der Waals surface area (Å²) in [6.07, 6.45) is 4.81. The molecule has 0 atom stereocenters. The van der Waals surface area contributed by atoms with Gasteiger partial charge in [-0.15, -0.1) is 5.10 Å². The Bertz CT molecular complexity index is 1350. The maximum absolute atomic E-state index is 10.4. The number of nitro groups is 2. The molecular formula is C23H23N9O4. The Hall–Kier alpha value is -5.33. The number of nitrogens with zero attached hydrogens (tertiary/aromatic N) is 7. The molecule has 0 amide bonds. The molecule has 36 heavy (non-hydrogen) atoms. The molecule has 5 rings (SSSR count). The van der Waals surface area contributed by atoms with Gasteiger partial charge in [-0.3, -0.25) is 4.68 Å². The first kappa shape index (κ1) is 25.3. The molecule has 0 saturated carbocycles. The Kier molecular flexibility index (Phi) is 8.99. The van der Waals surface area contributed by atoms with Gasteiger partial charge in [0.1, 0.15) is 5.82 Å². The first-order chi connectivity index (χ1) is 17.4. The van der Waals surface area contributed by atoms with E-state index >= 15 is 0 Å². The van der Waals surface area contributed by atoms with Crippen molar-refractivity contribution in [3.8, 4) is 0 Å². The van der Waals surface area contributed by atoms with Crippen molar-refractivity contribution in [1.29, 1.82) is 0 Å². The Morgan fingerprint density at radius 1 is 0.750 bits per heavy atom. The second kappa shape index (κ2) is 12.8. The van der Waals surface area contributed by atoms with Crippen LogP contribution < -0.4 is 5.73 Å². The maximum Gasteiger partial charge on any atom is 0.389 e. The predicted octanol–water partition coefficient (Wildman–Crippen LogP) is 3.67. The number of benzene rings is 2. The van der Waals surface area contributed by atoms with Gasteiger partial charge in [-0.1, -0.05) is 65.8 Å². The third-order valence-corrected chi connectivity index (χ3v) is 4.53. The molecular weight excluding hydrogens is 466 g/mol. The van der Waals surface area contributed by atoms with Gasteiger partial charge in [0.2, 0.25) is 0 Å². The van der Waals surface area contributed by atoms with Crippen LogP contribution in [0.1, 0.15) is 11.1 Å². The van der Waals surface area contributed by atoms with Crippen molar-refractivity contribution in [1.82, 2.24) is 29.8 Å². The van der Waals surface area contributed by atoms with Gasteiger partial charge < -0.3 is 26.0 Å². The summed E-state index contributed by atoms with van der Waals surface area (Å²) in [5, 5.41) is 33.7. The molecule has 3 N–H and O–H groups in total. The highest BCUT2D eigenvalue weighted by Gasteiger charge is 2.10. The predicted molar refractivity (Wildman–Crippen MR) is 132 cm³/mol. The van der Waals surface area contributed by atoms with Crippen molar-refractivity contribution in [2.24, 2.45) is 0 Å². The van der Waals surface area contributed by atoms with E-state index in [0.717, 1.165) is 12.1 Å². The first-order valence-corrected chi connectivity index (χ1v) is 10.6. The molecule has 0 unspecified atom stereocenters. The van der Waals surface area contributed by atoms with Gasteiger partial charge in [-0.25, -0.2) is 0 Å². The molecule has 13 heteroatoms. The molecule has 0 bridgehead atoms. The monoisotopic (exact) mass is 489 g/mol. The summed E-state index contributed by atoms with van der Waals surface area (Å²) < 4.78 is 3.37. The van der Waals surface area contributed by atoms with E-state index in [1.54, 1.807) is 16.9 Å². The zero-order valence-electron chi connectivity index (χ0n) is 19.0. The van der Waals surface area contributed by atoms with Crippen LogP contribution in [0.5, 0.6) is 0 Å². The fraction of sp³-hybridized carbons (Fsp3) is 0.0870. The van der Waals surface area contributed by atoms with Crippen molar-refractivity contribution in [2.75, 3.05) is 5.73 Å². The van der Waals surface area contributed by atoms with Crippen molar-refractivity contribution in [3.05, 3.63) is 129 Å². The SMILES string of the molecule is Nc1ccn(Cc2ccccc2)n1.O=[N+]([O-])c1ccn(Cc2ccccc2)n1.O=[N+]([O-])c1ccn[nH]1. The minimum absolute atomic E-state index is 0.0787. The summed E-state index contributed by atoms with van der Waals surface area (Å²) >= 11 is 0. The van der Waals surface area contributed by atoms with Crippen LogP contribution in [0.3, 0.4) is 0 Å². The lowest BCUT2D eigenvalue weighted by Gasteiger charge is -2.00. The zero-order chi connectivity index (χ0) is 25.8. The minimum atomic E-state index is -0.535. The lowest BCUT2D eigenvalue weighted by atomic mass is 10.2. The second-order valence-corrected chi connectivity index (χ2v) is 7.24. The quantitative estimate of drug-likeness (QED) is 0.268. The Balaban J connectivity index is 0.000000157. The standard InChI is InChI=1S/C10H9N3O2.C10H11N3.C3H3N3O2/c14-13(15)10-6-7-12(11-10)8-9-4-2-1-3-5-9;11-10-6-7-13(12-10)8-9-4-2-1-3-5-9;7-6(8)3-1-2-4-5-3/h1-7H,8H2;1-7H,8H2,(H2,11,12);1-2H,(H,4,5). The van der Waals surface area contributed by atoms with Crippen molar-refractivity contribution >= 4 is 17.5 Å². The number of H-pyrrole nitrogens is 1. The summed E-state index contributed by atoms with van der Waals surface area (Å²) in [5.41, 5.74) is 7.79. The van der Waals surface area contributed by atoms with Gasteiger partial charge in [-0.05, 0) is 27.0 Å². The van der Waals surface area contributed by atoms with Crippen LogP contribution in [0.2, 0.25) is 0 Å². The number of anilines is 1. The van der Waals surface area contributed by atoms with E-state index in [4.69, 9.17) is 5.73 Å². The highest BCUT2D eigenvalue weighted by Crippen LogP contribution is 2.08. The van der Waals surface area contributed by atoms with E-state index in [0.29, 0.717) is 12.4 Å². The van der Waals surface area contributed by atoms with Gasteiger partial charge in [0.25, 0.3) is 0 Å². The van der Waals surface area contributed by atoms with Crippen molar-refractivity contribution < 1.29 is 9.85 Å². The largest absolute Gasteiger partial charge is 0.389 e. The molecule has 0 aliphatic carbocycles. The van der Waals surface area contributed by atoms with Crippen LogP contribution in [-0.4, -0.2) is 39.6 Å². The van der Waals surface area contributed by atoms with Gasteiger partial charge in [0.05, 0.1) is 42.7 Å². The molecule has 0 fully saturated rings. The molecule has 0 aliphatic heterocycles. The van der Waals surface area contributed by atoms with E-state index in [1.807, 2.05) is 59.4 Å². The molecule has 0 radical (unpaired) electrons. The summed E-state index contributed by atoms with van der Waals surface area (Å²) in [7, 11) is 0. The molecule has 5 aromatic rings. The Labute approximate surface area is 205 Å². The van der Waals surface area contributed by atoms with Crippen LogP contribution in [0.4, 0.5) is 17.5 Å². The van der Waals surface area contributed by atoms with Crippen molar-refractivity contribution in [3.63, 3.8) is 0 Å². The lowest BCUT2D eigenvalue weighted by Crippen LogP contribution is -2.00. The van der Waals surface area contributed by atoms with Gasteiger partial charge in [0.15, 0.2) is 0 Å². The zero-order valence-corrected chi connectivity index (χ0v) is 19.0. The molecule has 3 aromatic heterocycles. The highest BCUT2D eigenvalue weighted by atomic mass is 16.6. The van der Waals surface area contributed by atoms with Gasteiger partial charge in [0, 0.05) is 6.20 Å². The topological polar surface area (TPSA) is 177 Å². The summed E-state index contributed by atoms with van der Waals surface area (Å²) in [6, 6.07) is 24.3. The number of aromatic nitrogens is 6. The summed E-state index contributed by atoms with van der Waals surface area (Å²) in [5.74, 6) is 0.367. The molecule has 0 saturated heterocycles. The van der Waals surface area contributed by atoms with E-state index < -0.39 is 9.85 Å². The molecule has 0 spiro atoms.